The van der Waals surface area contributed by atoms with Crippen LogP contribution in [0.2, 0.25) is 5.02 Å². The number of nitrogens with zero attached hydrogens (tertiary/aromatic N) is 4. The summed E-state index contributed by atoms with van der Waals surface area (Å²) in [4.78, 5) is 16.7. The van der Waals surface area contributed by atoms with Crippen molar-refractivity contribution < 1.29 is 18.7 Å². The van der Waals surface area contributed by atoms with E-state index in [-0.39, 0.29) is 23.8 Å². The minimum absolute atomic E-state index is 0.0259. The zero-order valence-electron chi connectivity index (χ0n) is 18.4. The minimum atomic E-state index is -0.292. The van der Waals surface area contributed by atoms with Crippen molar-refractivity contribution >= 4 is 17.5 Å². The maximum Gasteiger partial charge on any atom is 0.311 e. The number of likely N-dealkylation sites (tertiary alicyclic amines) is 1. The second-order valence-corrected chi connectivity index (χ2v) is 8.79. The molecule has 2 saturated heterocycles. The fourth-order valence-corrected chi connectivity index (χ4v) is 4.10. The molecule has 33 heavy (non-hydrogen) atoms. The predicted molar refractivity (Wildman–Crippen MR) is 122 cm³/mol. The van der Waals surface area contributed by atoms with Crippen molar-refractivity contribution in [2.24, 2.45) is 0 Å². The number of hydrogen-bond donors (Lipinski definition) is 0. The molecule has 0 aliphatic carbocycles. The van der Waals surface area contributed by atoms with E-state index in [1.807, 2.05) is 6.07 Å². The number of amides is 1. The van der Waals surface area contributed by atoms with Crippen LogP contribution in [-0.2, 0) is 11.3 Å². The Morgan fingerprint density at radius 2 is 1.88 bits per heavy atom. The van der Waals surface area contributed by atoms with Gasteiger partial charge in [0, 0.05) is 30.2 Å². The highest BCUT2D eigenvalue weighted by Gasteiger charge is 2.35. The number of carbonyl (C=O) groups excluding carboxylic acids is 1. The van der Waals surface area contributed by atoms with Crippen LogP contribution in [0.5, 0.6) is 5.75 Å². The number of aromatic nitrogens is 2. The summed E-state index contributed by atoms with van der Waals surface area (Å²) in [6.45, 7) is 7.44. The van der Waals surface area contributed by atoms with Gasteiger partial charge in [-0.15, -0.1) is 10.2 Å². The topological polar surface area (TPSA) is 80.9 Å². The normalized spacial score (nSPS) is 17.1. The highest BCUT2D eigenvalue weighted by molar-refractivity contribution is 6.30. The molecule has 0 unspecified atom stereocenters. The molecule has 8 nitrogen and oxygen atoms in total. The number of rotatable bonds is 6. The van der Waals surface area contributed by atoms with Gasteiger partial charge in [-0.25, -0.2) is 0 Å². The maximum absolute atomic E-state index is 12.7. The van der Waals surface area contributed by atoms with Crippen LogP contribution < -0.4 is 4.74 Å². The summed E-state index contributed by atoms with van der Waals surface area (Å²) in [5.74, 6) is 0.818. The number of halogens is 1. The van der Waals surface area contributed by atoms with Crippen molar-refractivity contribution in [2.75, 3.05) is 39.4 Å². The molecule has 0 bridgehead atoms. The lowest BCUT2D eigenvalue weighted by atomic mass is 10.1. The number of carbonyl (C=O) groups is 1. The lowest BCUT2D eigenvalue weighted by Crippen LogP contribution is -2.56. The number of morpholine rings is 1. The van der Waals surface area contributed by atoms with Crippen molar-refractivity contribution in [1.29, 1.82) is 0 Å². The third kappa shape index (κ3) is 5.03. The minimum Gasteiger partial charge on any atom is -0.486 e. The molecule has 0 atom stereocenters. The van der Waals surface area contributed by atoms with Gasteiger partial charge in [0.2, 0.25) is 5.89 Å². The first-order chi connectivity index (χ1) is 16.0. The first kappa shape index (κ1) is 21.9. The zero-order chi connectivity index (χ0) is 22.8. The van der Waals surface area contributed by atoms with E-state index in [0.29, 0.717) is 23.7 Å². The average Bonchev–Trinajstić information content (AvgIpc) is 3.28. The van der Waals surface area contributed by atoms with E-state index in [2.05, 4.69) is 34.2 Å². The molecule has 0 radical (unpaired) electrons. The largest absolute Gasteiger partial charge is 0.486 e. The highest BCUT2D eigenvalue weighted by Crippen LogP contribution is 2.26. The lowest BCUT2D eigenvalue weighted by molar-refractivity contribution is 0.0147. The van der Waals surface area contributed by atoms with E-state index >= 15 is 0 Å². The van der Waals surface area contributed by atoms with E-state index in [4.69, 9.17) is 25.5 Å². The van der Waals surface area contributed by atoms with Crippen molar-refractivity contribution in [3.05, 3.63) is 64.5 Å². The van der Waals surface area contributed by atoms with E-state index in [1.165, 1.54) is 5.56 Å². The summed E-state index contributed by atoms with van der Waals surface area (Å²) in [5.41, 5.74) is 3.07. The van der Waals surface area contributed by atoms with Crippen LogP contribution in [0.3, 0.4) is 0 Å². The molecule has 172 valence electrons. The first-order valence-corrected chi connectivity index (χ1v) is 11.4. The van der Waals surface area contributed by atoms with Gasteiger partial charge < -0.3 is 18.8 Å². The molecule has 1 aromatic heterocycles. The van der Waals surface area contributed by atoms with Crippen molar-refractivity contribution in [3.8, 4) is 17.2 Å². The summed E-state index contributed by atoms with van der Waals surface area (Å²) >= 11 is 5.91. The van der Waals surface area contributed by atoms with Gasteiger partial charge in [-0.3, -0.25) is 9.69 Å². The molecular formula is C24H25ClN4O4. The number of benzene rings is 2. The fourth-order valence-electron chi connectivity index (χ4n) is 3.97. The van der Waals surface area contributed by atoms with Crippen molar-refractivity contribution in [1.82, 2.24) is 20.0 Å². The van der Waals surface area contributed by atoms with Gasteiger partial charge in [0.1, 0.15) is 11.9 Å². The summed E-state index contributed by atoms with van der Waals surface area (Å²) in [5, 5.41) is 8.50. The van der Waals surface area contributed by atoms with Gasteiger partial charge in [-0.2, -0.15) is 0 Å². The fraction of sp³-hybridized carbons (Fsp3) is 0.375. The summed E-state index contributed by atoms with van der Waals surface area (Å²) in [7, 11) is 0. The molecule has 5 rings (SSSR count). The van der Waals surface area contributed by atoms with Crippen LogP contribution >= 0.6 is 11.6 Å². The molecule has 3 heterocycles. The van der Waals surface area contributed by atoms with Crippen LogP contribution in [0.1, 0.15) is 21.8 Å². The van der Waals surface area contributed by atoms with Gasteiger partial charge >= 0.3 is 11.8 Å². The first-order valence-electron chi connectivity index (χ1n) is 11.0. The molecule has 3 aromatic rings. The average molecular weight is 469 g/mol. The Kier molecular flexibility index (Phi) is 6.30. The molecule has 2 aliphatic heterocycles. The van der Waals surface area contributed by atoms with Crippen LogP contribution in [0, 0.1) is 6.92 Å². The summed E-state index contributed by atoms with van der Waals surface area (Å²) < 4.78 is 17.1. The second-order valence-electron chi connectivity index (χ2n) is 8.36. The van der Waals surface area contributed by atoms with Crippen molar-refractivity contribution in [2.45, 2.75) is 19.6 Å². The standard InChI is InChI=1S/C24H25ClN4O4/c1-16-12-17(13-28-8-10-31-11-9-28)2-7-21(16)32-20-14-29(15-20)24(30)23-27-26-22(33-23)18-3-5-19(25)6-4-18/h2-7,12,20H,8-11,13-15H2,1H3. The lowest BCUT2D eigenvalue weighted by Gasteiger charge is -2.38. The third-order valence-electron chi connectivity index (χ3n) is 5.88. The van der Waals surface area contributed by atoms with Gasteiger partial charge in [-0.1, -0.05) is 23.7 Å². The Labute approximate surface area is 197 Å². The van der Waals surface area contributed by atoms with Crippen LogP contribution in [0.25, 0.3) is 11.5 Å². The van der Waals surface area contributed by atoms with E-state index in [1.54, 1.807) is 29.2 Å². The monoisotopic (exact) mass is 468 g/mol. The molecule has 0 N–H and O–H groups in total. The van der Waals surface area contributed by atoms with Crippen LogP contribution in [0.15, 0.2) is 46.9 Å². The van der Waals surface area contributed by atoms with Gasteiger partial charge in [0.25, 0.3) is 0 Å². The molecule has 2 fully saturated rings. The quantitative estimate of drug-likeness (QED) is 0.548. The zero-order valence-corrected chi connectivity index (χ0v) is 19.1. The molecule has 0 saturated carbocycles. The van der Waals surface area contributed by atoms with Gasteiger partial charge in [-0.05, 0) is 48.4 Å². The van der Waals surface area contributed by atoms with Gasteiger partial charge in [0.15, 0.2) is 0 Å². The van der Waals surface area contributed by atoms with Crippen LogP contribution in [-0.4, -0.2) is 71.4 Å². The molecule has 9 heteroatoms. The smallest absolute Gasteiger partial charge is 0.311 e. The molecular weight excluding hydrogens is 444 g/mol. The van der Waals surface area contributed by atoms with E-state index in [9.17, 15) is 4.79 Å². The predicted octanol–water partition coefficient (Wildman–Crippen LogP) is 3.43. The molecule has 0 spiro atoms. The summed E-state index contributed by atoms with van der Waals surface area (Å²) in [6.07, 6.45) is -0.0589. The third-order valence-corrected chi connectivity index (χ3v) is 6.13. The maximum atomic E-state index is 12.7. The number of aryl methyl sites for hydroxylation is 1. The van der Waals surface area contributed by atoms with Crippen molar-refractivity contribution in [3.63, 3.8) is 0 Å². The van der Waals surface area contributed by atoms with E-state index in [0.717, 1.165) is 44.2 Å². The molecule has 2 aromatic carbocycles. The Morgan fingerprint density at radius 1 is 1.12 bits per heavy atom. The highest BCUT2D eigenvalue weighted by atomic mass is 35.5. The molecule has 2 aliphatic rings. The number of ether oxygens (including phenoxy) is 2. The molecule has 1 amide bonds. The SMILES string of the molecule is Cc1cc(CN2CCOCC2)ccc1OC1CN(C(=O)c2nnc(-c3ccc(Cl)cc3)o2)C1. The van der Waals surface area contributed by atoms with Crippen LogP contribution in [0.4, 0.5) is 0 Å². The summed E-state index contributed by atoms with van der Waals surface area (Å²) in [6, 6.07) is 13.3. The van der Waals surface area contributed by atoms with E-state index < -0.39 is 0 Å². The Hall–Kier alpha value is -2.94. The van der Waals surface area contributed by atoms with Gasteiger partial charge in [0.05, 0.1) is 26.3 Å². The number of hydrogen-bond acceptors (Lipinski definition) is 7. The second kappa shape index (κ2) is 9.51. The Morgan fingerprint density at radius 3 is 2.61 bits per heavy atom. The Bertz CT molecular complexity index is 1120. The Balaban J connectivity index is 1.14.